The highest BCUT2D eigenvalue weighted by Gasteiger charge is 2.08. The van der Waals surface area contributed by atoms with Crippen LogP contribution in [0.25, 0.3) is 0 Å². The van der Waals surface area contributed by atoms with E-state index in [4.69, 9.17) is 0 Å². The molecule has 0 aliphatic carbocycles. The first kappa shape index (κ1) is 15.4. The summed E-state index contributed by atoms with van der Waals surface area (Å²) in [5.74, 6) is -0.230. The van der Waals surface area contributed by atoms with Gasteiger partial charge in [0.15, 0.2) is 5.78 Å². The summed E-state index contributed by atoms with van der Waals surface area (Å²) in [6.45, 7) is 2.17. The lowest BCUT2D eigenvalue weighted by Gasteiger charge is -2.03. The minimum absolute atomic E-state index is 0.146. The van der Waals surface area contributed by atoms with Gasteiger partial charge in [0.25, 0.3) is 0 Å². The van der Waals surface area contributed by atoms with Crippen molar-refractivity contribution in [1.82, 2.24) is 0 Å². The zero-order chi connectivity index (χ0) is 14.1. The molecule has 0 saturated carbocycles. The Morgan fingerprint density at radius 1 is 0.947 bits per heavy atom. The van der Waals surface area contributed by atoms with E-state index in [-0.39, 0.29) is 11.8 Å². The van der Waals surface area contributed by atoms with Crippen molar-refractivity contribution in [2.45, 2.75) is 45.4 Å². The predicted octanol–water partition coefficient (Wildman–Crippen LogP) is 4.02. The highest BCUT2D eigenvalue weighted by Crippen LogP contribution is 2.11. The number of hydrogen-bond acceptors (Lipinski definition) is 3. The molecule has 0 radical (unpaired) electrons. The summed E-state index contributed by atoms with van der Waals surface area (Å²) in [5, 5.41) is 0. The lowest BCUT2D eigenvalue weighted by molar-refractivity contribution is 0.0600. The monoisotopic (exact) mass is 262 g/mol. The van der Waals surface area contributed by atoms with Crippen molar-refractivity contribution in [3.63, 3.8) is 0 Å². The van der Waals surface area contributed by atoms with Gasteiger partial charge in [-0.1, -0.05) is 44.7 Å². The molecule has 0 aromatic heterocycles. The fraction of sp³-hybridized carbons (Fsp3) is 0.500. The van der Waals surface area contributed by atoms with Crippen LogP contribution in [0.1, 0.15) is 66.2 Å². The SMILES string of the molecule is CCCCCCCC(=O)c1ccc(C(=O)OC)cc1. The molecular weight excluding hydrogens is 240 g/mol. The van der Waals surface area contributed by atoms with Crippen LogP contribution < -0.4 is 0 Å². The normalized spacial score (nSPS) is 10.2. The molecule has 104 valence electrons. The zero-order valence-corrected chi connectivity index (χ0v) is 11.8. The molecule has 0 atom stereocenters. The molecule has 0 amide bonds. The minimum atomic E-state index is -0.376. The van der Waals surface area contributed by atoms with Gasteiger partial charge in [-0.05, 0) is 18.6 Å². The van der Waals surface area contributed by atoms with E-state index in [1.165, 1.54) is 26.4 Å². The number of ether oxygens (including phenoxy) is 1. The Balaban J connectivity index is 2.42. The van der Waals surface area contributed by atoms with Gasteiger partial charge in [-0.25, -0.2) is 4.79 Å². The van der Waals surface area contributed by atoms with Crippen LogP contribution in [0.4, 0.5) is 0 Å². The Morgan fingerprint density at radius 2 is 1.53 bits per heavy atom. The largest absolute Gasteiger partial charge is 0.465 e. The third-order valence-electron chi connectivity index (χ3n) is 3.14. The second kappa shape index (κ2) is 8.46. The van der Waals surface area contributed by atoms with E-state index >= 15 is 0 Å². The summed E-state index contributed by atoms with van der Waals surface area (Å²) in [6.07, 6.45) is 6.29. The van der Waals surface area contributed by atoms with E-state index in [1.807, 2.05) is 0 Å². The number of unbranched alkanes of at least 4 members (excludes halogenated alkanes) is 4. The van der Waals surface area contributed by atoms with Crippen molar-refractivity contribution in [3.05, 3.63) is 35.4 Å². The van der Waals surface area contributed by atoms with Gasteiger partial charge in [-0.15, -0.1) is 0 Å². The standard InChI is InChI=1S/C16H22O3/c1-3-4-5-6-7-8-15(17)13-9-11-14(12-10-13)16(18)19-2/h9-12H,3-8H2,1-2H3. The summed E-state index contributed by atoms with van der Waals surface area (Å²) in [6, 6.07) is 6.66. The Labute approximate surface area is 115 Å². The van der Waals surface area contributed by atoms with Gasteiger partial charge in [0.05, 0.1) is 12.7 Å². The van der Waals surface area contributed by atoms with Crippen LogP contribution in [0.2, 0.25) is 0 Å². The summed E-state index contributed by atoms with van der Waals surface area (Å²) in [7, 11) is 1.34. The first-order chi connectivity index (χ1) is 9.19. The molecule has 0 saturated heterocycles. The van der Waals surface area contributed by atoms with E-state index in [9.17, 15) is 9.59 Å². The van der Waals surface area contributed by atoms with E-state index in [2.05, 4.69) is 11.7 Å². The van der Waals surface area contributed by atoms with Crippen LogP contribution in [0.5, 0.6) is 0 Å². The molecule has 0 bridgehead atoms. The number of carbonyl (C=O) groups excluding carboxylic acids is 2. The predicted molar refractivity (Wildman–Crippen MR) is 75.5 cm³/mol. The number of esters is 1. The maximum absolute atomic E-state index is 11.9. The van der Waals surface area contributed by atoms with Gasteiger partial charge >= 0.3 is 5.97 Å². The van der Waals surface area contributed by atoms with Crippen LogP contribution in [0.15, 0.2) is 24.3 Å². The van der Waals surface area contributed by atoms with Crippen LogP contribution in [0.3, 0.4) is 0 Å². The number of benzene rings is 1. The molecule has 0 aliphatic rings. The van der Waals surface area contributed by atoms with Gasteiger partial charge in [0.1, 0.15) is 0 Å². The van der Waals surface area contributed by atoms with Gasteiger partial charge in [-0.3, -0.25) is 4.79 Å². The van der Waals surface area contributed by atoms with Crippen LogP contribution in [0, 0.1) is 0 Å². The highest BCUT2D eigenvalue weighted by molar-refractivity contribution is 5.97. The number of ketones is 1. The third kappa shape index (κ3) is 5.25. The average Bonchev–Trinajstić information content (AvgIpc) is 2.46. The molecule has 3 nitrogen and oxygen atoms in total. The minimum Gasteiger partial charge on any atom is -0.465 e. The number of Topliss-reactive ketones (excluding diaryl/α,β-unsaturated/α-hetero) is 1. The molecule has 0 aliphatic heterocycles. The number of carbonyl (C=O) groups is 2. The van der Waals surface area contributed by atoms with Gasteiger partial charge in [-0.2, -0.15) is 0 Å². The van der Waals surface area contributed by atoms with Crippen LogP contribution >= 0.6 is 0 Å². The second-order valence-electron chi connectivity index (χ2n) is 4.66. The summed E-state index contributed by atoms with van der Waals surface area (Å²) in [5.41, 5.74) is 1.14. The summed E-state index contributed by atoms with van der Waals surface area (Å²) in [4.78, 5) is 23.2. The first-order valence-corrected chi connectivity index (χ1v) is 6.90. The van der Waals surface area contributed by atoms with Crippen molar-refractivity contribution in [3.8, 4) is 0 Å². The van der Waals surface area contributed by atoms with Gasteiger partial charge < -0.3 is 4.74 Å². The Bertz CT molecular complexity index is 407. The van der Waals surface area contributed by atoms with E-state index in [0.29, 0.717) is 17.5 Å². The van der Waals surface area contributed by atoms with Crippen LogP contribution in [-0.2, 0) is 4.74 Å². The smallest absolute Gasteiger partial charge is 0.337 e. The molecule has 1 aromatic carbocycles. The van der Waals surface area contributed by atoms with Crippen molar-refractivity contribution < 1.29 is 14.3 Å². The Hall–Kier alpha value is -1.64. The number of hydrogen-bond donors (Lipinski definition) is 0. The first-order valence-electron chi connectivity index (χ1n) is 6.90. The molecule has 1 aromatic rings. The van der Waals surface area contributed by atoms with E-state index < -0.39 is 0 Å². The van der Waals surface area contributed by atoms with Gasteiger partial charge in [0, 0.05) is 12.0 Å². The fourth-order valence-corrected chi connectivity index (χ4v) is 1.94. The number of rotatable bonds is 8. The average molecular weight is 262 g/mol. The Morgan fingerprint density at radius 3 is 2.11 bits per heavy atom. The maximum atomic E-state index is 11.9. The zero-order valence-electron chi connectivity index (χ0n) is 11.8. The quantitative estimate of drug-likeness (QED) is 0.404. The molecule has 1 rings (SSSR count). The van der Waals surface area contributed by atoms with Gasteiger partial charge in [0.2, 0.25) is 0 Å². The fourth-order valence-electron chi connectivity index (χ4n) is 1.94. The lowest BCUT2D eigenvalue weighted by atomic mass is 10.0. The topological polar surface area (TPSA) is 43.4 Å². The van der Waals surface area contributed by atoms with E-state index in [1.54, 1.807) is 24.3 Å². The number of methoxy groups -OCH3 is 1. The molecule has 0 spiro atoms. The van der Waals surface area contributed by atoms with E-state index in [0.717, 1.165) is 12.8 Å². The van der Waals surface area contributed by atoms with Crippen molar-refractivity contribution >= 4 is 11.8 Å². The molecule has 0 N–H and O–H groups in total. The molecule has 0 unspecified atom stereocenters. The maximum Gasteiger partial charge on any atom is 0.337 e. The molecular formula is C16H22O3. The molecule has 0 heterocycles. The molecule has 0 fully saturated rings. The summed E-state index contributed by atoms with van der Waals surface area (Å²) >= 11 is 0. The van der Waals surface area contributed by atoms with Crippen molar-refractivity contribution in [2.75, 3.05) is 7.11 Å². The second-order valence-corrected chi connectivity index (χ2v) is 4.66. The third-order valence-corrected chi connectivity index (χ3v) is 3.14. The van der Waals surface area contributed by atoms with Crippen molar-refractivity contribution in [2.24, 2.45) is 0 Å². The Kier molecular flexibility index (Phi) is 6.86. The van der Waals surface area contributed by atoms with Crippen LogP contribution in [-0.4, -0.2) is 18.9 Å². The molecule has 19 heavy (non-hydrogen) atoms. The highest BCUT2D eigenvalue weighted by atomic mass is 16.5. The molecule has 3 heteroatoms. The van der Waals surface area contributed by atoms with Crippen molar-refractivity contribution in [1.29, 1.82) is 0 Å². The summed E-state index contributed by atoms with van der Waals surface area (Å²) < 4.78 is 4.62. The lowest BCUT2D eigenvalue weighted by Crippen LogP contribution is -2.03.